The molecule has 1 heterocycles. The number of hydrogen-bond acceptors (Lipinski definition) is 6. The van der Waals surface area contributed by atoms with Gasteiger partial charge in [-0.3, -0.25) is 10.1 Å². The van der Waals surface area contributed by atoms with Gasteiger partial charge >= 0.3 is 0 Å². The summed E-state index contributed by atoms with van der Waals surface area (Å²) in [7, 11) is -0.630. The van der Waals surface area contributed by atoms with Crippen LogP contribution in [0, 0.1) is 10.1 Å². The van der Waals surface area contributed by atoms with Crippen molar-refractivity contribution in [1.29, 1.82) is 0 Å². The molecule has 21 heavy (non-hydrogen) atoms. The molecular weight excluding hydrogens is 314 g/mol. The molecule has 1 aliphatic heterocycles. The third-order valence-corrected chi connectivity index (χ3v) is 6.58. The maximum atomic E-state index is 12.6. The summed E-state index contributed by atoms with van der Waals surface area (Å²) < 4.78 is 26.5. The lowest BCUT2D eigenvalue weighted by atomic mass is 10.3. The van der Waals surface area contributed by atoms with Gasteiger partial charge in [0.1, 0.15) is 5.69 Å². The number of nitrogens with zero attached hydrogens (tertiary/aromatic N) is 2. The molecule has 7 nitrogen and oxygen atoms in total. The molecule has 1 aromatic rings. The molecule has 0 spiro atoms. The minimum Gasteiger partial charge on any atom is -0.383 e. The van der Waals surface area contributed by atoms with E-state index in [1.165, 1.54) is 23.5 Å². The molecule has 0 radical (unpaired) electrons. The van der Waals surface area contributed by atoms with Crippen molar-refractivity contribution in [2.45, 2.75) is 17.4 Å². The molecule has 0 aliphatic carbocycles. The fourth-order valence-electron chi connectivity index (χ4n) is 2.21. The van der Waals surface area contributed by atoms with Gasteiger partial charge in [-0.05, 0) is 24.3 Å². The molecule has 1 aromatic carbocycles. The van der Waals surface area contributed by atoms with E-state index >= 15 is 0 Å². The predicted octanol–water partition coefficient (Wildman–Crippen LogP) is 1.76. The van der Waals surface area contributed by atoms with Gasteiger partial charge in [0.25, 0.3) is 5.69 Å². The summed E-state index contributed by atoms with van der Waals surface area (Å²) in [6.07, 6.45) is 0.803. The van der Waals surface area contributed by atoms with Crippen LogP contribution in [0.3, 0.4) is 0 Å². The van der Waals surface area contributed by atoms with Gasteiger partial charge in [-0.2, -0.15) is 16.1 Å². The first-order valence-electron chi connectivity index (χ1n) is 6.40. The summed E-state index contributed by atoms with van der Waals surface area (Å²) in [5.41, 5.74) is 0.0470. The third kappa shape index (κ3) is 3.14. The summed E-state index contributed by atoms with van der Waals surface area (Å²) in [6.45, 7) is 0. The molecule has 0 aromatic heterocycles. The lowest BCUT2D eigenvalue weighted by Crippen LogP contribution is -2.36. The molecule has 2 rings (SSSR count). The largest absolute Gasteiger partial charge is 0.383 e. The van der Waals surface area contributed by atoms with Crippen LogP contribution in [0.5, 0.6) is 0 Å². The Morgan fingerprint density at radius 2 is 2.19 bits per heavy atom. The van der Waals surface area contributed by atoms with Gasteiger partial charge in [-0.15, -0.1) is 0 Å². The molecule has 1 saturated heterocycles. The van der Waals surface area contributed by atoms with Crippen LogP contribution in [-0.2, 0) is 10.0 Å². The van der Waals surface area contributed by atoms with E-state index in [4.69, 9.17) is 0 Å². The second-order valence-electron chi connectivity index (χ2n) is 4.72. The molecule has 9 heteroatoms. The Morgan fingerprint density at radius 3 is 2.71 bits per heavy atom. The summed E-state index contributed by atoms with van der Waals surface area (Å²) in [4.78, 5) is 10.4. The highest BCUT2D eigenvalue weighted by Crippen LogP contribution is 2.30. The van der Waals surface area contributed by atoms with Gasteiger partial charge in [0.2, 0.25) is 10.0 Å². The Labute approximate surface area is 127 Å². The molecule has 116 valence electrons. The second kappa shape index (κ2) is 6.20. The third-order valence-electron chi connectivity index (χ3n) is 3.53. The molecule has 1 unspecified atom stereocenters. The summed E-state index contributed by atoms with van der Waals surface area (Å²) in [5, 5.41) is 13.7. The number of anilines is 1. The SMILES string of the molecule is CNc1ccc(S(=O)(=O)N(C)C2CCSC2)cc1[N+](=O)[O-]. The van der Waals surface area contributed by atoms with E-state index in [0.29, 0.717) is 0 Å². The normalized spacial score (nSPS) is 18.9. The number of nitro benzene ring substituents is 1. The smallest absolute Gasteiger partial charge is 0.293 e. The van der Waals surface area contributed by atoms with Crippen LogP contribution in [0.2, 0.25) is 0 Å². The highest BCUT2D eigenvalue weighted by molar-refractivity contribution is 7.99. The number of rotatable bonds is 5. The van der Waals surface area contributed by atoms with Gasteiger partial charge < -0.3 is 5.32 Å². The van der Waals surface area contributed by atoms with E-state index in [-0.39, 0.29) is 22.3 Å². The van der Waals surface area contributed by atoms with Crippen molar-refractivity contribution in [3.05, 3.63) is 28.3 Å². The zero-order valence-electron chi connectivity index (χ0n) is 11.8. The minimum atomic E-state index is -3.72. The minimum absolute atomic E-state index is 0.0485. The highest BCUT2D eigenvalue weighted by Gasteiger charge is 2.31. The van der Waals surface area contributed by atoms with Crippen molar-refractivity contribution in [1.82, 2.24) is 4.31 Å². The topological polar surface area (TPSA) is 92.6 Å². The molecular formula is C12H17N3O4S2. The van der Waals surface area contributed by atoms with E-state index < -0.39 is 14.9 Å². The number of thioether (sulfide) groups is 1. The second-order valence-corrected chi connectivity index (χ2v) is 7.87. The van der Waals surface area contributed by atoms with E-state index in [2.05, 4.69) is 5.32 Å². The number of benzene rings is 1. The van der Waals surface area contributed by atoms with Crippen LogP contribution in [0.15, 0.2) is 23.1 Å². The van der Waals surface area contributed by atoms with E-state index in [1.807, 2.05) is 0 Å². The average molecular weight is 331 g/mol. The van der Waals surface area contributed by atoms with Gasteiger partial charge in [-0.25, -0.2) is 8.42 Å². The number of sulfonamides is 1. The van der Waals surface area contributed by atoms with E-state index in [1.54, 1.807) is 18.8 Å². The molecule has 0 saturated carbocycles. The lowest BCUT2D eigenvalue weighted by molar-refractivity contribution is -0.384. The van der Waals surface area contributed by atoms with Crippen LogP contribution >= 0.6 is 11.8 Å². The average Bonchev–Trinajstić information content (AvgIpc) is 2.99. The Balaban J connectivity index is 2.40. The van der Waals surface area contributed by atoms with Crippen LogP contribution < -0.4 is 5.32 Å². The fraction of sp³-hybridized carbons (Fsp3) is 0.500. The Bertz CT molecular complexity index is 642. The molecule has 1 aliphatic rings. The maximum absolute atomic E-state index is 12.6. The zero-order chi connectivity index (χ0) is 15.6. The Hall–Kier alpha value is -1.32. The van der Waals surface area contributed by atoms with E-state index in [0.717, 1.165) is 24.0 Å². The van der Waals surface area contributed by atoms with Crippen LogP contribution in [0.1, 0.15) is 6.42 Å². The van der Waals surface area contributed by atoms with Crippen molar-refractivity contribution >= 4 is 33.2 Å². The van der Waals surface area contributed by atoms with Gasteiger partial charge in [0.15, 0.2) is 0 Å². The molecule has 0 amide bonds. The fourth-order valence-corrected chi connectivity index (χ4v) is 4.97. The van der Waals surface area contributed by atoms with Gasteiger partial charge in [0.05, 0.1) is 9.82 Å². The van der Waals surface area contributed by atoms with Crippen molar-refractivity contribution in [2.24, 2.45) is 0 Å². The molecule has 1 atom stereocenters. The van der Waals surface area contributed by atoms with Crippen molar-refractivity contribution < 1.29 is 13.3 Å². The quantitative estimate of drug-likeness (QED) is 0.653. The monoisotopic (exact) mass is 331 g/mol. The van der Waals surface area contributed by atoms with Crippen LogP contribution in [-0.4, -0.2) is 49.3 Å². The van der Waals surface area contributed by atoms with Crippen molar-refractivity contribution in [3.8, 4) is 0 Å². The Kier molecular flexibility index (Phi) is 4.74. The number of nitro groups is 1. The highest BCUT2D eigenvalue weighted by atomic mass is 32.2. The molecule has 1 fully saturated rings. The first-order chi connectivity index (χ1) is 9.87. The van der Waals surface area contributed by atoms with Gasteiger partial charge in [0, 0.05) is 32.0 Å². The summed E-state index contributed by atoms with van der Waals surface area (Å²) in [5.74, 6) is 1.69. The standard InChI is InChI=1S/C12H17N3O4S2/c1-13-11-4-3-10(7-12(11)15(16)17)21(18,19)14(2)9-5-6-20-8-9/h3-4,7,9,13H,5-6,8H2,1-2H3. The first kappa shape index (κ1) is 16.1. The maximum Gasteiger partial charge on any atom is 0.293 e. The zero-order valence-corrected chi connectivity index (χ0v) is 13.4. The van der Waals surface area contributed by atoms with Crippen molar-refractivity contribution in [3.63, 3.8) is 0 Å². The van der Waals surface area contributed by atoms with Gasteiger partial charge in [-0.1, -0.05) is 0 Å². The predicted molar refractivity (Wildman–Crippen MR) is 83.3 cm³/mol. The van der Waals surface area contributed by atoms with Crippen molar-refractivity contribution in [2.75, 3.05) is 30.9 Å². The lowest BCUT2D eigenvalue weighted by Gasteiger charge is -2.23. The molecule has 0 bridgehead atoms. The van der Waals surface area contributed by atoms with Crippen LogP contribution in [0.25, 0.3) is 0 Å². The Morgan fingerprint density at radius 1 is 1.48 bits per heavy atom. The summed E-state index contributed by atoms with van der Waals surface area (Å²) in [6, 6.07) is 3.87. The van der Waals surface area contributed by atoms with E-state index in [9.17, 15) is 18.5 Å². The first-order valence-corrected chi connectivity index (χ1v) is 8.99. The molecule has 1 N–H and O–H groups in total. The number of nitrogens with one attached hydrogen (secondary N) is 1. The number of hydrogen-bond donors (Lipinski definition) is 1. The van der Waals surface area contributed by atoms with Crippen LogP contribution in [0.4, 0.5) is 11.4 Å². The summed E-state index contributed by atoms with van der Waals surface area (Å²) >= 11 is 1.71.